The standard InChI is InChI=1S/C10H15NO2S/c1-8(2)9(3)4-5-10(8,6(11)14)13-7(9)12/h4-5H2,1-3H3,(H2,11,14)/t9-,10+/m0/s1. The zero-order valence-corrected chi connectivity index (χ0v) is 9.53. The van der Waals surface area contributed by atoms with E-state index >= 15 is 0 Å². The van der Waals surface area contributed by atoms with Gasteiger partial charge in [0.1, 0.15) is 4.99 Å². The highest BCUT2D eigenvalue weighted by Gasteiger charge is 2.73. The first-order chi connectivity index (χ1) is 6.28. The van der Waals surface area contributed by atoms with Crippen molar-refractivity contribution >= 4 is 23.2 Å². The van der Waals surface area contributed by atoms with Crippen LogP contribution in [0.2, 0.25) is 0 Å². The lowest BCUT2D eigenvalue weighted by atomic mass is 9.66. The molecule has 2 bridgehead atoms. The largest absolute Gasteiger partial charge is 0.451 e. The molecule has 0 aromatic rings. The molecule has 3 nitrogen and oxygen atoms in total. The highest BCUT2D eigenvalue weighted by Crippen LogP contribution is 2.65. The fraction of sp³-hybridized carbons (Fsp3) is 0.800. The number of fused-ring (bicyclic) bond motifs is 2. The Balaban J connectivity index is 2.60. The fourth-order valence-corrected chi connectivity index (χ4v) is 3.18. The van der Waals surface area contributed by atoms with Crippen molar-refractivity contribution in [1.29, 1.82) is 0 Å². The Morgan fingerprint density at radius 3 is 2.21 bits per heavy atom. The zero-order valence-electron chi connectivity index (χ0n) is 8.72. The maximum absolute atomic E-state index is 11.7. The van der Waals surface area contributed by atoms with Crippen LogP contribution >= 0.6 is 12.2 Å². The number of ether oxygens (including phenoxy) is 1. The molecule has 1 saturated carbocycles. The minimum atomic E-state index is -0.700. The molecule has 2 aliphatic rings. The Kier molecular flexibility index (Phi) is 1.62. The molecule has 0 aromatic heterocycles. The molecule has 2 N–H and O–H groups in total. The summed E-state index contributed by atoms with van der Waals surface area (Å²) in [6, 6.07) is 0. The molecule has 0 aromatic carbocycles. The van der Waals surface area contributed by atoms with Gasteiger partial charge in [-0.25, -0.2) is 0 Å². The quantitative estimate of drug-likeness (QED) is 0.528. The van der Waals surface area contributed by atoms with Crippen molar-refractivity contribution in [3.8, 4) is 0 Å². The van der Waals surface area contributed by atoms with Crippen molar-refractivity contribution in [1.82, 2.24) is 0 Å². The fourth-order valence-electron chi connectivity index (χ4n) is 2.78. The molecular formula is C10H15NO2S. The van der Waals surface area contributed by atoms with Gasteiger partial charge in [-0.15, -0.1) is 0 Å². The predicted octanol–water partition coefficient (Wildman–Crippen LogP) is 1.39. The van der Waals surface area contributed by atoms with E-state index in [1.807, 2.05) is 20.8 Å². The average Bonchev–Trinajstić information content (AvgIpc) is 2.34. The van der Waals surface area contributed by atoms with E-state index in [-0.39, 0.29) is 11.4 Å². The number of carbonyl (C=O) groups excluding carboxylic acids is 1. The minimum Gasteiger partial charge on any atom is -0.451 e. The van der Waals surface area contributed by atoms with Crippen molar-refractivity contribution < 1.29 is 9.53 Å². The van der Waals surface area contributed by atoms with Crippen molar-refractivity contribution in [2.45, 2.75) is 39.2 Å². The lowest BCUT2D eigenvalue weighted by Crippen LogP contribution is -2.50. The molecule has 1 aliphatic heterocycles. The Hall–Kier alpha value is -0.640. The number of hydrogen-bond acceptors (Lipinski definition) is 3. The van der Waals surface area contributed by atoms with Gasteiger partial charge < -0.3 is 10.5 Å². The molecule has 2 atom stereocenters. The summed E-state index contributed by atoms with van der Waals surface area (Å²) >= 11 is 5.05. The number of esters is 1. The summed E-state index contributed by atoms with van der Waals surface area (Å²) in [6.45, 7) is 5.98. The number of thiocarbonyl (C=S) groups is 1. The van der Waals surface area contributed by atoms with Crippen LogP contribution in [0.5, 0.6) is 0 Å². The summed E-state index contributed by atoms with van der Waals surface area (Å²) in [7, 11) is 0. The highest BCUT2D eigenvalue weighted by molar-refractivity contribution is 7.80. The van der Waals surface area contributed by atoms with Gasteiger partial charge in [0, 0.05) is 5.41 Å². The maximum Gasteiger partial charge on any atom is 0.313 e. The average molecular weight is 213 g/mol. The van der Waals surface area contributed by atoms with Crippen molar-refractivity contribution in [3.63, 3.8) is 0 Å². The van der Waals surface area contributed by atoms with Crippen LogP contribution in [0.4, 0.5) is 0 Å². The van der Waals surface area contributed by atoms with Crippen LogP contribution in [0.25, 0.3) is 0 Å². The van der Waals surface area contributed by atoms with Gasteiger partial charge in [-0.3, -0.25) is 4.79 Å². The van der Waals surface area contributed by atoms with Crippen LogP contribution in [-0.2, 0) is 9.53 Å². The lowest BCUT2D eigenvalue weighted by Gasteiger charge is -2.35. The second kappa shape index (κ2) is 2.30. The van der Waals surface area contributed by atoms with E-state index < -0.39 is 11.0 Å². The minimum absolute atomic E-state index is 0.151. The molecule has 78 valence electrons. The molecule has 4 heteroatoms. The van der Waals surface area contributed by atoms with E-state index in [1.165, 1.54) is 0 Å². The van der Waals surface area contributed by atoms with E-state index in [4.69, 9.17) is 22.7 Å². The zero-order chi connectivity index (χ0) is 10.8. The predicted molar refractivity (Wildman–Crippen MR) is 56.7 cm³/mol. The summed E-state index contributed by atoms with van der Waals surface area (Å²) < 4.78 is 5.42. The Morgan fingerprint density at radius 2 is 2.00 bits per heavy atom. The van der Waals surface area contributed by atoms with Crippen LogP contribution in [-0.4, -0.2) is 16.6 Å². The number of rotatable bonds is 1. The Labute approximate surface area is 89.0 Å². The molecule has 0 unspecified atom stereocenters. The van der Waals surface area contributed by atoms with Gasteiger partial charge in [0.2, 0.25) is 0 Å². The summed E-state index contributed by atoms with van der Waals surface area (Å²) in [5.41, 5.74) is 4.31. The van der Waals surface area contributed by atoms with Gasteiger partial charge in [0.15, 0.2) is 5.60 Å². The third kappa shape index (κ3) is 0.713. The number of carbonyl (C=O) groups is 1. The summed E-state index contributed by atoms with van der Waals surface area (Å²) in [5, 5.41) is 0. The molecule has 2 rings (SSSR count). The van der Waals surface area contributed by atoms with Crippen LogP contribution in [0.15, 0.2) is 0 Å². The monoisotopic (exact) mass is 213 g/mol. The maximum atomic E-state index is 11.7. The molecule has 0 amide bonds. The topological polar surface area (TPSA) is 52.3 Å². The first-order valence-electron chi connectivity index (χ1n) is 4.81. The normalized spacial score (nSPS) is 43.8. The summed E-state index contributed by atoms with van der Waals surface area (Å²) in [6.07, 6.45) is 1.58. The molecule has 0 radical (unpaired) electrons. The molecule has 0 spiro atoms. The van der Waals surface area contributed by atoms with Gasteiger partial charge >= 0.3 is 5.97 Å². The SMILES string of the molecule is CC1(C)[C@@]2(C)CC[C@]1(C(N)=S)OC2=O. The van der Waals surface area contributed by atoms with Gasteiger partial charge in [-0.1, -0.05) is 26.1 Å². The van der Waals surface area contributed by atoms with E-state index in [2.05, 4.69) is 0 Å². The molecule has 14 heavy (non-hydrogen) atoms. The smallest absolute Gasteiger partial charge is 0.313 e. The van der Waals surface area contributed by atoms with Gasteiger partial charge in [0.05, 0.1) is 5.41 Å². The molecule has 1 heterocycles. The van der Waals surface area contributed by atoms with Gasteiger partial charge in [0.25, 0.3) is 0 Å². The summed E-state index contributed by atoms with van der Waals surface area (Å²) in [5.74, 6) is -0.151. The third-order valence-corrected chi connectivity index (χ3v) is 4.81. The molecule has 1 aliphatic carbocycles. The van der Waals surface area contributed by atoms with Crippen molar-refractivity contribution in [2.75, 3.05) is 0 Å². The molecular weight excluding hydrogens is 198 g/mol. The third-order valence-electron chi connectivity index (χ3n) is 4.48. The first-order valence-corrected chi connectivity index (χ1v) is 5.22. The van der Waals surface area contributed by atoms with E-state index in [0.717, 1.165) is 12.8 Å². The van der Waals surface area contributed by atoms with E-state index in [1.54, 1.807) is 0 Å². The van der Waals surface area contributed by atoms with E-state index in [0.29, 0.717) is 4.99 Å². The van der Waals surface area contributed by atoms with Crippen LogP contribution < -0.4 is 5.73 Å². The van der Waals surface area contributed by atoms with Gasteiger partial charge in [-0.05, 0) is 19.8 Å². The summed E-state index contributed by atoms with van der Waals surface area (Å²) in [4.78, 5) is 12.1. The highest BCUT2D eigenvalue weighted by atomic mass is 32.1. The van der Waals surface area contributed by atoms with Crippen molar-refractivity contribution in [2.24, 2.45) is 16.6 Å². The Morgan fingerprint density at radius 1 is 1.43 bits per heavy atom. The van der Waals surface area contributed by atoms with Crippen molar-refractivity contribution in [3.05, 3.63) is 0 Å². The second-order valence-corrected chi connectivity index (χ2v) is 5.48. The first kappa shape index (κ1) is 9.90. The Bertz CT molecular complexity index is 339. The second-order valence-electron chi connectivity index (χ2n) is 5.04. The molecule has 2 fully saturated rings. The van der Waals surface area contributed by atoms with E-state index in [9.17, 15) is 4.79 Å². The van der Waals surface area contributed by atoms with Gasteiger partial charge in [-0.2, -0.15) is 0 Å². The number of hydrogen-bond donors (Lipinski definition) is 1. The lowest BCUT2D eigenvalue weighted by molar-refractivity contribution is -0.155. The van der Waals surface area contributed by atoms with Crippen LogP contribution in [0.3, 0.4) is 0 Å². The van der Waals surface area contributed by atoms with Crippen LogP contribution in [0.1, 0.15) is 33.6 Å². The van der Waals surface area contributed by atoms with Crippen LogP contribution in [0, 0.1) is 10.8 Å². The number of nitrogens with two attached hydrogens (primary N) is 1. The molecule has 1 saturated heterocycles.